The fourth-order valence-corrected chi connectivity index (χ4v) is 6.32. The molecule has 0 saturated heterocycles. The second-order valence-electron chi connectivity index (χ2n) is 12.0. The van der Waals surface area contributed by atoms with Crippen molar-refractivity contribution in [2.24, 2.45) is 0 Å². The van der Waals surface area contributed by atoms with Crippen LogP contribution in [0.1, 0.15) is 81.3 Å². The number of rotatable bonds is 16. The Kier molecular flexibility index (Phi) is 11.6. The van der Waals surface area contributed by atoms with Crippen LogP contribution in [0.25, 0.3) is 33.8 Å². The van der Waals surface area contributed by atoms with Crippen LogP contribution in [-0.4, -0.2) is 65.6 Å². The largest absolute Gasteiger partial charge is 0.618 e. The van der Waals surface area contributed by atoms with Crippen molar-refractivity contribution in [3.05, 3.63) is 93.8 Å². The van der Waals surface area contributed by atoms with Crippen LogP contribution in [0, 0.1) is 5.21 Å². The Bertz CT molecular complexity index is 1880. The number of hydrogen-bond acceptors (Lipinski definition) is 8. The first-order valence-electron chi connectivity index (χ1n) is 16.8. The van der Waals surface area contributed by atoms with Gasteiger partial charge in [0.1, 0.15) is 18.9 Å². The molecule has 0 aliphatic rings. The van der Waals surface area contributed by atoms with Gasteiger partial charge in [-0.05, 0) is 67.3 Å². The van der Waals surface area contributed by atoms with Crippen LogP contribution in [0.15, 0.2) is 60.7 Å². The summed E-state index contributed by atoms with van der Waals surface area (Å²) < 4.78 is 9.72. The van der Waals surface area contributed by atoms with Gasteiger partial charge >= 0.3 is 0 Å². The van der Waals surface area contributed by atoms with Gasteiger partial charge in [0.05, 0.1) is 11.3 Å². The third-order valence-electron chi connectivity index (χ3n) is 8.98. The fourth-order valence-electron chi connectivity index (χ4n) is 6.02. The quantitative estimate of drug-likeness (QED) is 0.0400. The van der Waals surface area contributed by atoms with Gasteiger partial charge in [-0.3, -0.25) is 4.79 Å². The van der Waals surface area contributed by atoms with Crippen molar-refractivity contribution in [3.8, 4) is 33.8 Å². The van der Waals surface area contributed by atoms with E-state index < -0.39 is 0 Å². The Hall–Kier alpha value is -4.49. The molecular weight excluding hydrogens is 644 g/mol. The van der Waals surface area contributed by atoms with Crippen LogP contribution < -0.4 is 4.73 Å². The number of aryl methyl sites for hydroxylation is 1. The zero-order chi connectivity index (χ0) is 35.1. The summed E-state index contributed by atoms with van der Waals surface area (Å²) in [5, 5.41) is 37.0. The van der Waals surface area contributed by atoms with E-state index in [0.717, 1.165) is 40.9 Å². The van der Waals surface area contributed by atoms with Crippen molar-refractivity contribution in [1.29, 1.82) is 0 Å². The van der Waals surface area contributed by atoms with E-state index in [4.69, 9.17) is 21.3 Å². The number of ether oxygens (including phenoxy) is 1. The average Bonchev–Trinajstić information content (AvgIpc) is 3.73. The molecule has 3 aromatic heterocycles. The van der Waals surface area contributed by atoms with Gasteiger partial charge in [-0.2, -0.15) is 14.1 Å². The molecule has 0 radical (unpaired) electrons. The highest BCUT2D eigenvalue weighted by molar-refractivity contribution is 6.32. The molecular formula is C36H44ClN8O4+. The maximum atomic E-state index is 13.5. The smallest absolute Gasteiger partial charge is 0.266 e. The molecule has 0 bridgehead atoms. The first-order chi connectivity index (χ1) is 23.7. The number of benzene rings is 2. The minimum absolute atomic E-state index is 0.0717. The number of carbonyl (C=O) groups is 1. The van der Waals surface area contributed by atoms with Gasteiger partial charge < -0.3 is 14.5 Å². The Labute approximate surface area is 291 Å². The minimum Gasteiger partial charge on any atom is -0.618 e. The van der Waals surface area contributed by atoms with Crippen LogP contribution >= 0.6 is 11.6 Å². The molecule has 1 N–H and O–H groups in total. The molecule has 5 rings (SSSR count). The average molecular weight is 688 g/mol. The molecule has 13 heteroatoms. The number of hydroxylamine groups is 3. The number of pyridine rings is 1. The Morgan fingerprint density at radius 1 is 1.02 bits per heavy atom. The zero-order valence-electron chi connectivity index (χ0n) is 28.7. The normalized spacial score (nSPS) is 12.4. The van der Waals surface area contributed by atoms with Crippen LogP contribution in [0.5, 0.6) is 0 Å². The number of aromatic nitrogens is 7. The van der Waals surface area contributed by atoms with Gasteiger partial charge in [0, 0.05) is 31.2 Å². The van der Waals surface area contributed by atoms with Gasteiger partial charge in [-0.1, -0.05) is 73.5 Å². The standard InChI is InChI=1S/C36H44ClN8O4/c1-6-10-15-33-38-35(37)34(31-21-20-28(44(47)32(31)24-46)23-45(48,7-2)8-3)42(33)22-26-16-18-27(19-17-26)29-13-11-12-14-30(29)36-39-40-41-43(36)25(5)49-9-4/h11-14,16-21,24-25,48H,6-10,15,22-23H2,1-5H3/q+1. The van der Waals surface area contributed by atoms with Gasteiger partial charge in [0.25, 0.3) is 11.4 Å². The molecule has 12 nitrogen and oxygen atoms in total. The van der Waals surface area contributed by atoms with Crippen LogP contribution in [0.4, 0.5) is 0 Å². The second-order valence-corrected chi connectivity index (χ2v) is 12.4. The summed E-state index contributed by atoms with van der Waals surface area (Å²) in [6.45, 7) is 11.5. The molecule has 0 saturated carbocycles. The number of hydrogen-bond donors (Lipinski definition) is 1. The monoisotopic (exact) mass is 687 g/mol. The lowest BCUT2D eigenvalue weighted by molar-refractivity contribution is -1.11. The number of halogens is 1. The third kappa shape index (κ3) is 7.57. The van der Waals surface area contributed by atoms with Gasteiger partial charge in [0.2, 0.25) is 6.29 Å². The number of quaternary nitrogens is 1. The maximum Gasteiger partial charge on any atom is 0.266 e. The van der Waals surface area contributed by atoms with E-state index in [0.29, 0.717) is 66.5 Å². The summed E-state index contributed by atoms with van der Waals surface area (Å²) in [6.07, 6.45) is 2.76. The summed E-state index contributed by atoms with van der Waals surface area (Å²) in [7, 11) is 0. The second kappa shape index (κ2) is 15.8. The first kappa shape index (κ1) is 35.8. The summed E-state index contributed by atoms with van der Waals surface area (Å²) in [5.74, 6) is 1.38. The summed E-state index contributed by atoms with van der Waals surface area (Å²) >= 11 is 6.80. The van der Waals surface area contributed by atoms with Crippen molar-refractivity contribution >= 4 is 17.9 Å². The molecule has 3 heterocycles. The third-order valence-corrected chi connectivity index (χ3v) is 9.24. The lowest BCUT2D eigenvalue weighted by atomic mass is 9.98. The van der Waals surface area contributed by atoms with Crippen molar-refractivity contribution in [1.82, 2.24) is 29.8 Å². The van der Waals surface area contributed by atoms with Gasteiger partial charge in [-0.15, -0.1) is 5.10 Å². The summed E-state index contributed by atoms with van der Waals surface area (Å²) in [5.41, 5.74) is 4.93. The fraction of sp³-hybridized carbons (Fsp3) is 0.389. The number of imidazole rings is 1. The molecule has 1 atom stereocenters. The van der Waals surface area contributed by atoms with Crippen LogP contribution in [0.3, 0.4) is 0 Å². The van der Waals surface area contributed by atoms with E-state index >= 15 is 0 Å². The highest BCUT2D eigenvalue weighted by Gasteiger charge is 2.30. The van der Waals surface area contributed by atoms with E-state index in [-0.39, 0.29) is 28.3 Å². The van der Waals surface area contributed by atoms with Crippen molar-refractivity contribution in [3.63, 3.8) is 0 Å². The topological polar surface area (TPSA) is 135 Å². The molecule has 2 aromatic carbocycles. The van der Waals surface area contributed by atoms with E-state index in [1.165, 1.54) is 0 Å². The molecule has 0 aliphatic heterocycles. The first-order valence-corrected chi connectivity index (χ1v) is 17.2. The summed E-state index contributed by atoms with van der Waals surface area (Å²) in [6, 6.07) is 19.5. The molecule has 0 amide bonds. The number of nitrogens with zero attached hydrogens (tertiary/aromatic N) is 8. The van der Waals surface area contributed by atoms with E-state index in [2.05, 4.69) is 34.6 Å². The summed E-state index contributed by atoms with van der Waals surface area (Å²) in [4.78, 5) is 17.1. The van der Waals surface area contributed by atoms with Crippen LogP contribution in [0.2, 0.25) is 5.15 Å². The maximum absolute atomic E-state index is 13.5. The van der Waals surface area contributed by atoms with Crippen molar-refractivity contribution in [2.45, 2.75) is 73.2 Å². The Morgan fingerprint density at radius 3 is 2.39 bits per heavy atom. The predicted octanol–water partition coefficient (Wildman–Crippen LogP) is 6.66. The van der Waals surface area contributed by atoms with Gasteiger partial charge in [-0.25, -0.2) is 10.2 Å². The molecule has 5 aromatic rings. The number of aldehydes is 1. The van der Waals surface area contributed by atoms with Gasteiger partial charge in [0.15, 0.2) is 23.8 Å². The molecule has 0 aliphatic carbocycles. The molecule has 1 unspecified atom stereocenters. The number of carbonyl (C=O) groups excluding carboxylic acids is 1. The highest BCUT2D eigenvalue weighted by Crippen LogP contribution is 2.34. The Balaban J connectivity index is 1.52. The predicted molar refractivity (Wildman–Crippen MR) is 187 cm³/mol. The van der Waals surface area contributed by atoms with Crippen LogP contribution in [-0.2, 0) is 24.2 Å². The number of unbranched alkanes of at least 4 members (excludes halogenated alkanes) is 1. The van der Waals surface area contributed by atoms with Crippen molar-refractivity contribution < 1.29 is 24.1 Å². The van der Waals surface area contributed by atoms with E-state index in [1.807, 2.05) is 68.7 Å². The van der Waals surface area contributed by atoms with Crippen molar-refractivity contribution in [2.75, 3.05) is 19.7 Å². The Morgan fingerprint density at radius 2 is 1.73 bits per heavy atom. The molecule has 0 fully saturated rings. The molecule has 258 valence electrons. The minimum atomic E-state index is -0.328. The lowest BCUT2D eigenvalue weighted by Gasteiger charge is -2.26. The molecule has 0 spiro atoms. The number of tetrazole rings is 1. The molecule has 49 heavy (non-hydrogen) atoms. The zero-order valence-corrected chi connectivity index (χ0v) is 29.5. The van der Waals surface area contributed by atoms with E-state index in [9.17, 15) is 15.2 Å². The van der Waals surface area contributed by atoms with E-state index in [1.54, 1.807) is 16.8 Å². The lowest BCUT2D eigenvalue weighted by Crippen LogP contribution is -2.48. The SMILES string of the molecule is CCCCc1nc(Cl)c(-c2ccc(C[N+](O)(CC)CC)[n+]([O-])c2C=O)n1Cc1ccc(-c2ccccc2-c2nnnn2C(C)OCC)cc1. The highest BCUT2D eigenvalue weighted by atomic mass is 35.5.